The van der Waals surface area contributed by atoms with Crippen LogP contribution >= 0.6 is 0 Å². The van der Waals surface area contributed by atoms with E-state index >= 15 is 0 Å². The van der Waals surface area contributed by atoms with E-state index in [9.17, 15) is 13.2 Å². The molecule has 0 saturated heterocycles. The van der Waals surface area contributed by atoms with E-state index in [1.54, 1.807) is 30.3 Å². The van der Waals surface area contributed by atoms with E-state index in [0.717, 1.165) is 30.7 Å². The number of benzene rings is 2. The van der Waals surface area contributed by atoms with Crippen molar-refractivity contribution in [2.75, 3.05) is 23.3 Å². The molecule has 2 N–H and O–H groups in total. The molecule has 1 aliphatic carbocycles. The molecule has 0 spiro atoms. The second kappa shape index (κ2) is 8.72. The molecular formula is C25H27N3O5S. The van der Waals surface area contributed by atoms with E-state index in [1.807, 2.05) is 19.9 Å². The van der Waals surface area contributed by atoms with Gasteiger partial charge in [0.25, 0.3) is 15.9 Å². The van der Waals surface area contributed by atoms with Crippen molar-refractivity contribution in [1.29, 1.82) is 0 Å². The summed E-state index contributed by atoms with van der Waals surface area (Å²) in [5.74, 6) is 0.773. The maximum atomic E-state index is 12.9. The van der Waals surface area contributed by atoms with E-state index in [4.69, 9.17) is 9.47 Å². The molecule has 3 aromatic rings. The number of ether oxygens (including phenoxy) is 2. The monoisotopic (exact) mass is 481 g/mol. The molecule has 1 aromatic heterocycles. The van der Waals surface area contributed by atoms with Gasteiger partial charge in [-0.15, -0.1) is 0 Å². The molecule has 1 amide bonds. The standard InChI is InChI=1S/C25H27N3O5S/c1-16-14-22(17(2)28(16)20-8-9-20)25(29)26-18-4-6-19(7-5-18)27-34(30,31)21-10-11-23-24(15-21)33-13-3-12-32-23/h4-7,10-11,14-15,20,27H,3,8-9,12-13H2,1-2H3,(H,26,29). The number of amides is 1. The Morgan fingerprint density at radius 1 is 0.941 bits per heavy atom. The first-order valence-electron chi connectivity index (χ1n) is 11.3. The summed E-state index contributed by atoms with van der Waals surface area (Å²) in [6, 6.07) is 13.6. The molecule has 9 heteroatoms. The van der Waals surface area contributed by atoms with Crippen LogP contribution in [0.15, 0.2) is 53.4 Å². The van der Waals surface area contributed by atoms with Gasteiger partial charge in [0.05, 0.1) is 23.7 Å². The van der Waals surface area contributed by atoms with Crippen molar-refractivity contribution < 1.29 is 22.7 Å². The van der Waals surface area contributed by atoms with Crippen molar-refractivity contribution in [2.24, 2.45) is 0 Å². The highest BCUT2D eigenvalue weighted by molar-refractivity contribution is 7.92. The Kier molecular flexibility index (Phi) is 5.73. The van der Waals surface area contributed by atoms with Crippen LogP contribution in [0.2, 0.25) is 0 Å². The third kappa shape index (κ3) is 4.48. The zero-order chi connectivity index (χ0) is 23.9. The first-order chi connectivity index (χ1) is 16.3. The fourth-order valence-electron chi connectivity index (χ4n) is 4.25. The van der Waals surface area contributed by atoms with Gasteiger partial charge in [-0.05, 0) is 69.2 Å². The summed E-state index contributed by atoms with van der Waals surface area (Å²) in [5.41, 5.74) is 3.68. The largest absolute Gasteiger partial charge is 0.490 e. The minimum Gasteiger partial charge on any atom is -0.490 e. The molecule has 5 rings (SSSR count). The lowest BCUT2D eigenvalue weighted by molar-refractivity contribution is 0.102. The van der Waals surface area contributed by atoms with Crippen LogP contribution in [-0.2, 0) is 10.0 Å². The van der Waals surface area contributed by atoms with E-state index in [2.05, 4.69) is 14.6 Å². The second-order valence-electron chi connectivity index (χ2n) is 8.68. The molecular weight excluding hydrogens is 454 g/mol. The predicted octanol–water partition coefficient (Wildman–Crippen LogP) is 4.65. The molecule has 0 unspecified atom stereocenters. The average Bonchev–Trinajstić information content (AvgIpc) is 3.62. The third-order valence-corrected chi connectivity index (χ3v) is 7.44. The van der Waals surface area contributed by atoms with Gasteiger partial charge in [0.1, 0.15) is 0 Å². The molecule has 1 aliphatic heterocycles. The van der Waals surface area contributed by atoms with E-state index < -0.39 is 10.0 Å². The van der Waals surface area contributed by atoms with Crippen molar-refractivity contribution in [3.8, 4) is 11.5 Å². The van der Waals surface area contributed by atoms with Crippen LogP contribution in [-0.4, -0.2) is 32.1 Å². The van der Waals surface area contributed by atoms with Gasteiger partial charge in [0, 0.05) is 41.3 Å². The van der Waals surface area contributed by atoms with Gasteiger partial charge in [0.2, 0.25) is 0 Å². The normalized spacial score (nSPS) is 15.5. The Morgan fingerprint density at radius 2 is 1.62 bits per heavy atom. The highest BCUT2D eigenvalue weighted by atomic mass is 32.2. The van der Waals surface area contributed by atoms with Crippen molar-refractivity contribution in [2.45, 2.75) is 44.0 Å². The van der Waals surface area contributed by atoms with Crippen molar-refractivity contribution in [3.05, 3.63) is 65.5 Å². The first kappa shape index (κ1) is 22.3. The Morgan fingerprint density at radius 3 is 2.32 bits per heavy atom. The summed E-state index contributed by atoms with van der Waals surface area (Å²) in [4.78, 5) is 12.9. The fraction of sp³-hybridized carbons (Fsp3) is 0.320. The SMILES string of the molecule is Cc1cc(C(=O)Nc2ccc(NS(=O)(=O)c3ccc4c(c3)OCCCO4)cc2)c(C)n1C1CC1. The van der Waals surface area contributed by atoms with Gasteiger partial charge < -0.3 is 19.4 Å². The summed E-state index contributed by atoms with van der Waals surface area (Å²) < 4.78 is 41.7. The number of aromatic nitrogens is 1. The molecule has 0 bridgehead atoms. The van der Waals surface area contributed by atoms with Crippen molar-refractivity contribution >= 4 is 27.3 Å². The van der Waals surface area contributed by atoms with Gasteiger partial charge in [-0.2, -0.15) is 0 Å². The smallest absolute Gasteiger partial charge is 0.262 e. The topological polar surface area (TPSA) is 98.7 Å². The molecule has 2 aliphatic rings. The summed E-state index contributed by atoms with van der Waals surface area (Å²) in [5, 5.41) is 2.90. The number of nitrogens with one attached hydrogen (secondary N) is 2. The lowest BCUT2D eigenvalue weighted by Crippen LogP contribution is -2.14. The highest BCUT2D eigenvalue weighted by Crippen LogP contribution is 2.38. The number of fused-ring (bicyclic) bond motifs is 1. The van der Waals surface area contributed by atoms with Crippen molar-refractivity contribution in [3.63, 3.8) is 0 Å². The molecule has 2 heterocycles. The van der Waals surface area contributed by atoms with Crippen LogP contribution in [0, 0.1) is 13.8 Å². The molecule has 0 atom stereocenters. The molecule has 178 valence electrons. The summed E-state index contributed by atoms with van der Waals surface area (Å²) in [6.07, 6.45) is 3.05. The maximum absolute atomic E-state index is 12.9. The molecule has 2 aromatic carbocycles. The zero-order valence-corrected chi connectivity index (χ0v) is 19.9. The number of hydrogen-bond donors (Lipinski definition) is 2. The van der Waals surface area contributed by atoms with E-state index in [-0.39, 0.29) is 10.8 Å². The fourth-order valence-corrected chi connectivity index (χ4v) is 5.32. The summed E-state index contributed by atoms with van der Waals surface area (Å²) in [7, 11) is -3.82. The van der Waals surface area contributed by atoms with Crippen LogP contribution in [0.25, 0.3) is 0 Å². The molecule has 0 radical (unpaired) electrons. The number of carbonyl (C=O) groups excluding carboxylic acids is 1. The van der Waals surface area contributed by atoms with Gasteiger partial charge in [0.15, 0.2) is 11.5 Å². The lowest BCUT2D eigenvalue weighted by Gasteiger charge is -2.12. The third-order valence-electron chi connectivity index (χ3n) is 6.07. The highest BCUT2D eigenvalue weighted by Gasteiger charge is 2.28. The number of aryl methyl sites for hydroxylation is 1. The van der Waals surface area contributed by atoms with Gasteiger partial charge in [-0.25, -0.2) is 8.42 Å². The molecule has 1 saturated carbocycles. The van der Waals surface area contributed by atoms with E-state index in [0.29, 0.717) is 47.7 Å². The number of hydrogen-bond acceptors (Lipinski definition) is 5. The minimum absolute atomic E-state index is 0.0835. The molecule has 34 heavy (non-hydrogen) atoms. The number of rotatable bonds is 6. The van der Waals surface area contributed by atoms with Gasteiger partial charge in [-0.1, -0.05) is 0 Å². The average molecular weight is 482 g/mol. The summed E-state index contributed by atoms with van der Waals surface area (Å²) >= 11 is 0. The number of carbonyl (C=O) groups is 1. The summed E-state index contributed by atoms with van der Waals surface area (Å²) in [6.45, 7) is 5.00. The van der Waals surface area contributed by atoms with Crippen LogP contribution in [0.4, 0.5) is 11.4 Å². The number of nitrogens with zero attached hydrogens (tertiary/aromatic N) is 1. The minimum atomic E-state index is -3.82. The van der Waals surface area contributed by atoms with Gasteiger partial charge >= 0.3 is 0 Å². The van der Waals surface area contributed by atoms with E-state index in [1.165, 1.54) is 12.1 Å². The maximum Gasteiger partial charge on any atom is 0.262 e. The predicted molar refractivity (Wildman–Crippen MR) is 129 cm³/mol. The number of sulfonamides is 1. The zero-order valence-electron chi connectivity index (χ0n) is 19.1. The molecule has 8 nitrogen and oxygen atoms in total. The number of anilines is 2. The Balaban J connectivity index is 1.28. The quantitative estimate of drug-likeness (QED) is 0.534. The Labute approximate surface area is 198 Å². The van der Waals surface area contributed by atoms with Crippen molar-refractivity contribution in [1.82, 2.24) is 4.57 Å². The van der Waals surface area contributed by atoms with Crippen LogP contribution in [0.3, 0.4) is 0 Å². The van der Waals surface area contributed by atoms with Crippen LogP contribution in [0.5, 0.6) is 11.5 Å². The van der Waals surface area contributed by atoms with Gasteiger partial charge in [-0.3, -0.25) is 9.52 Å². The first-order valence-corrected chi connectivity index (χ1v) is 12.8. The van der Waals surface area contributed by atoms with Crippen LogP contribution in [0.1, 0.15) is 47.1 Å². The second-order valence-corrected chi connectivity index (χ2v) is 10.4. The molecule has 1 fully saturated rings. The lowest BCUT2D eigenvalue weighted by atomic mass is 10.2. The Bertz CT molecular complexity index is 1340. The van der Waals surface area contributed by atoms with Crippen LogP contribution < -0.4 is 19.5 Å². The Hall–Kier alpha value is -3.46.